The fraction of sp³-hybridized carbons (Fsp3) is 0.435. The molecule has 0 atom stereocenters. The molecular formula is C23H29N7O3. The van der Waals surface area contributed by atoms with E-state index < -0.39 is 0 Å². The van der Waals surface area contributed by atoms with Crippen molar-refractivity contribution >= 4 is 28.7 Å². The van der Waals surface area contributed by atoms with Crippen molar-refractivity contribution in [3.05, 3.63) is 41.3 Å². The van der Waals surface area contributed by atoms with Gasteiger partial charge in [0.1, 0.15) is 11.4 Å². The molecule has 0 saturated carbocycles. The minimum absolute atomic E-state index is 0.0451. The number of rotatable bonds is 5. The van der Waals surface area contributed by atoms with Crippen LogP contribution >= 0.6 is 0 Å². The van der Waals surface area contributed by atoms with Crippen LogP contribution in [0, 0.1) is 6.92 Å². The number of aryl methyl sites for hydroxylation is 1. The van der Waals surface area contributed by atoms with Crippen molar-refractivity contribution in [1.29, 1.82) is 0 Å². The van der Waals surface area contributed by atoms with Gasteiger partial charge in [-0.3, -0.25) is 14.3 Å². The molecule has 1 aliphatic heterocycles. The Labute approximate surface area is 192 Å². The van der Waals surface area contributed by atoms with Gasteiger partial charge in [-0.15, -0.1) is 0 Å². The van der Waals surface area contributed by atoms with Crippen LogP contribution in [0.15, 0.2) is 24.4 Å². The van der Waals surface area contributed by atoms with Crippen LogP contribution in [0.2, 0.25) is 0 Å². The second-order valence-electron chi connectivity index (χ2n) is 8.30. The molecule has 2 aromatic heterocycles. The van der Waals surface area contributed by atoms with Gasteiger partial charge in [-0.25, -0.2) is 9.97 Å². The van der Waals surface area contributed by atoms with Gasteiger partial charge in [0.25, 0.3) is 5.91 Å². The molecule has 0 aliphatic carbocycles. The summed E-state index contributed by atoms with van der Waals surface area (Å²) in [6.45, 7) is 9.06. The normalized spacial score (nSPS) is 14.1. The molecular weight excluding hydrogens is 422 g/mol. The molecule has 3 aromatic rings. The van der Waals surface area contributed by atoms with Gasteiger partial charge in [0, 0.05) is 69.9 Å². The van der Waals surface area contributed by atoms with Gasteiger partial charge in [0.15, 0.2) is 0 Å². The number of piperazine rings is 1. The van der Waals surface area contributed by atoms with E-state index in [1.54, 1.807) is 42.1 Å². The van der Waals surface area contributed by atoms with Crippen molar-refractivity contribution < 1.29 is 14.7 Å². The highest BCUT2D eigenvalue weighted by Gasteiger charge is 2.25. The Morgan fingerprint density at radius 2 is 1.88 bits per heavy atom. The van der Waals surface area contributed by atoms with E-state index in [1.165, 1.54) is 6.07 Å². The number of hydrogen-bond acceptors (Lipinski definition) is 7. The number of nitrogens with zero attached hydrogens (tertiary/aromatic N) is 7. The number of phenolic OH excluding ortho intramolecular Hbond substituents is 1. The van der Waals surface area contributed by atoms with Crippen molar-refractivity contribution in [2.24, 2.45) is 0 Å². The maximum atomic E-state index is 13.5. The highest BCUT2D eigenvalue weighted by molar-refractivity contribution is 6.05. The predicted molar refractivity (Wildman–Crippen MR) is 124 cm³/mol. The lowest BCUT2D eigenvalue weighted by Crippen LogP contribution is -2.48. The number of amides is 2. The molecule has 1 saturated heterocycles. The van der Waals surface area contributed by atoms with Crippen LogP contribution in [-0.4, -0.2) is 79.7 Å². The molecule has 1 aliphatic rings. The SMILES string of the molecule is CCn1ncc(CN(C)C(=O)c2nc(N3CCN(C(C)=O)CC3)nc3ccc(O)cc23)c1C. The van der Waals surface area contributed by atoms with E-state index in [2.05, 4.69) is 15.1 Å². The molecule has 1 fully saturated rings. The number of phenols is 1. The number of hydrogen-bond donors (Lipinski definition) is 1. The molecule has 33 heavy (non-hydrogen) atoms. The average molecular weight is 452 g/mol. The predicted octanol–water partition coefficient (Wildman–Crippen LogP) is 1.80. The van der Waals surface area contributed by atoms with Crippen LogP contribution in [0.1, 0.15) is 35.6 Å². The molecule has 1 N–H and O–H groups in total. The third-order valence-corrected chi connectivity index (χ3v) is 6.14. The second-order valence-corrected chi connectivity index (χ2v) is 8.30. The standard InChI is InChI=1S/C23H29N7O3/c1-5-30-15(2)17(13-24-30)14-27(4)22(33)21-19-12-18(32)6-7-20(19)25-23(26-21)29-10-8-28(9-11-29)16(3)31/h6-7,12-13,32H,5,8-11,14H2,1-4H3. The lowest BCUT2D eigenvalue weighted by atomic mass is 10.1. The summed E-state index contributed by atoms with van der Waals surface area (Å²) in [5.41, 5.74) is 2.81. The number of carbonyl (C=O) groups excluding carboxylic acids is 2. The summed E-state index contributed by atoms with van der Waals surface area (Å²) in [4.78, 5) is 39.8. The number of aromatic hydroxyl groups is 1. The van der Waals surface area contributed by atoms with Gasteiger partial charge in [-0.2, -0.15) is 5.10 Å². The third kappa shape index (κ3) is 4.46. The summed E-state index contributed by atoms with van der Waals surface area (Å²) in [6.07, 6.45) is 1.78. The molecule has 174 valence electrons. The Morgan fingerprint density at radius 3 is 2.52 bits per heavy atom. The maximum Gasteiger partial charge on any atom is 0.273 e. The molecule has 0 unspecified atom stereocenters. The minimum atomic E-state index is -0.264. The molecule has 10 heteroatoms. The Morgan fingerprint density at radius 1 is 1.15 bits per heavy atom. The number of benzene rings is 1. The first kappa shape index (κ1) is 22.5. The van der Waals surface area contributed by atoms with Crippen LogP contribution in [0.3, 0.4) is 0 Å². The Kier molecular flexibility index (Phi) is 6.17. The molecule has 0 spiro atoms. The van der Waals surface area contributed by atoms with Crippen molar-refractivity contribution in [2.45, 2.75) is 33.9 Å². The highest BCUT2D eigenvalue weighted by atomic mass is 16.3. The van der Waals surface area contributed by atoms with Crippen molar-refractivity contribution in [3.63, 3.8) is 0 Å². The number of carbonyl (C=O) groups is 2. The number of anilines is 1. The lowest BCUT2D eigenvalue weighted by molar-refractivity contribution is -0.129. The maximum absolute atomic E-state index is 13.5. The molecule has 3 heterocycles. The quantitative estimate of drug-likeness (QED) is 0.630. The van der Waals surface area contributed by atoms with Crippen molar-refractivity contribution in [1.82, 2.24) is 29.5 Å². The summed E-state index contributed by atoms with van der Waals surface area (Å²) in [7, 11) is 1.73. The largest absolute Gasteiger partial charge is 0.508 e. The zero-order chi connectivity index (χ0) is 23.7. The molecule has 0 bridgehead atoms. The molecule has 2 amide bonds. The Hall–Kier alpha value is -3.69. The van der Waals surface area contributed by atoms with Gasteiger partial charge in [-0.05, 0) is 32.0 Å². The van der Waals surface area contributed by atoms with Gasteiger partial charge < -0.3 is 19.8 Å². The van der Waals surface area contributed by atoms with E-state index in [0.717, 1.165) is 17.8 Å². The topological polar surface area (TPSA) is 108 Å². The Balaban J connectivity index is 1.66. The third-order valence-electron chi connectivity index (χ3n) is 6.14. The Bertz CT molecular complexity index is 1200. The summed E-state index contributed by atoms with van der Waals surface area (Å²) >= 11 is 0. The van der Waals surface area contributed by atoms with E-state index >= 15 is 0 Å². The van der Waals surface area contributed by atoms with Gasteiger partial charge >= 0.3 is 0 Å². The van der Waals surface area contributed by atoms with Gasteiger partial charge in [0.2, 0.25) is 11.9 Å². The molecule has 0 radical (unpaired) electrons. The zero-order valence-electron chi connectivity index (χ0n) is 19.4. The van der Waals surface area contributed by atoms with Gasteiger partial charge in [-0.1, -0.05) is 0 Å². The zero-order valence-corrected chi connectivity index (χ0v) is 19.4. The fourth-order valence-electron chi connectivity index (χ4n) is 4.10. The van der Waals surface area contributed by atoms with Crippen LogP contribution in [0.25, 0.3) is 10.9 Å². The monoisotopic (exact) mass is 451 g/mol. The van der Waals surface area contributed by atoms with Crippen molar-refractivity contribution in [3.8, 4) is 5.75 Å². The summed E-state index contributed by atoms with van der Waals surface area (Å²) in [5.74, 6) is 0.276. The smallest absolute Gasteiger partial charge is 0.273 e. The first-order valence-corrected chi connectivity index (χ1v) is 11.1. The minimum Gasteiger partial charge on any atom is -0.508 e. The first-order chi connectivity index (χ1) is 15.8. The van der Waals surface area contributed by atoms with Crippen LogP contribution in [0.4, 0.5) is 5.95 Å². The summed E-state index contributed by atoms with van der Waals surface area (Å²) in [6, 6.07) is 4.76. The van der Waals surface area contributed by atoms with E-state index in [1.807, 2.05) is 23.4 Å². The number of aromatic nitrogens is 4. The highest BCUT2D eigenvalue weighted by Crippen LogP contribution is 2.25. The molecule has 10 nitrogen and oxygen atoms in total. The lowest BCUT2D eigenvalue weighted by Gasteiger charge is -2.34. The average Bonchev–Trinajstić information content (AvgIpc) is 3.16. The summed E-state index contributed by atoms with van der Waals surface area (Å²) in [5, 5.41) is 14.9. The van der Waals surface area contributed by atoms with Gasteiger partial charge in [0.05, 0.1) is 11.7 Å². The fourth-order valence-corrected chi connectivity index (χ4v) is 4.10. The van der Waals surface area contributed by atoms with E-state index in [9.17, 15) is 14.7 Å². The van der Waals surface area contributed by atoms with Crippen LogP contribution in [-0.2, 0) is 17.9 Å². The van der Waals surface area contributed by atoms with E-state index in [0.29, 0.717) is 49.6 Å². The number of fused-ring (bicyclic) bond motifs is 1. The van der Waals surface area contributed by atoms with Crippen LogP contribution < -0.4 is 4.90 Å². The van der Waals surface area contributed by atoms with Crippen LogP contribution in [0.5, 0.6) is 5.75 Å². The first-order valence-electron chi connectivity index (χ1n) is 11.1. The second kappa shape index (κ2) is 9.05. The molecule has 1 aromatic carbocycles. The van der Waals surface area contributed by atoms with E-state index in [-0.39, 0.29) is 23.3 Å². The van der Waals surface area contributed by atoms with Crippen molar-refractivity contribution in [2.75, 3.05) is 38.1 Å². The van der Waals surface area contributed by atoms with E-state index in [4.69, 9.17) is 0 Å². The molecule has 4 rings (SSSR count). The summed E-state index contributed by atoms with van der Waals surface area (Å²) < 4.78 is 1.89.